The molecular weight excluding hydrogens is 422 g/mol. The first kappa shape index (κ1) is 22.7. The molecule has 4 rings (SSSR count). The number of phenolic OH excluding ortho intramolecular Hbond substituents is 1. The number of carbonyl (C=O) groups excluding carboxylic acids is 1. The quantitative estimate of drug-likeness (QED) is 0.476. The van der Waals surface area contributed by atoms with Gasteiger partial charge in [0.2, 0.25) is 0 Å². The van der Waals surface area contributed by atoms with Crippen LogP contribution in [0.4, 0.5) is 0 Å². The van der Waals surface area contributed by atoms with Gasteiger partial charge in [-0.2, -0.15) is 5.10 Å². The fourth-order valence-corrected chi connectivity index (χ4v) is 4.33. The third-order valence-electron chi connectivity index (χ3n) is 5.82. The average molecular weight is 452 g/mol. The van der Waals surface area contributed by atoms with Crippen LogP contribution in [-0.2, 0) is 4.74 Å². The van der Waals surface area contributed by atoms with Gasteiger partial charge < -0.3 is 24.2 Å². The SMILES string of the molecule is CCOc1ccc([C@H]2c3c(-c4cc(C)ccc4O)n[nH]c3C(=O)N2CCCOC)cc1OC. The number of carbonyl (C=O) groups is 1. The van der Waals surface area contributed by atoms with Crippen LogP contribution in [0.5, 0.6) is 17.2 Å². The van der Waals surface area contributed by atoms with Gasteiger partial charge in [0.15, 0.2) is 11.5 Å². The second-order valence-corrected chi connectivity index (χ2v) is 7.97. The summed E-state index contributed by atoms with van der Waals surface area (Å²) in [6, 6.07) is 10.7. The Hall–Kier alpha value is -3.52. The van der Waals surface area contributed by atoms with Crippen LogP contribution < -0.4 is 9.47 Å². The lowest BCUT2D eigenvalue weighted by Gasteiger charge is -2.27. The second-order valence-electron chi connectivity index (χ2n) is 7.97. The van der Waals surface area contributed by atoms with Crippen LogP contribution in [0.15, 0.2) is 36.4 Å². The van der Waals surface area contributed by atoms with Gasteiger partial charge >= 0.3 is 0 Å². The molecule has 1 aliphatic rings. The molecule has 8 heteroatoms. The van der Waals surface area contributed by atoms with E-state index in [1.807, 2.05) is 49.1 Å². The summed E-state index contributed by atoms with van der Waals surface area (Å²) >= 11 is 0. The number of rotatable bonds is 9. The number of aromatic amines is 1. The van der Waals surface area contributed by atoms with Crippen LogP contribution in [0.1, 0.15) is 46.6 Å². The van der Waals surface area contributed by atoms with Crippen molar-refractivity contribution in [1.29, 1.82) is 0 Å². The standard InChI is InChI=1S/C25H29N3O5/c1-5-33-19-10-8-16(14-20(19)32-4)24-21-22(17-13-15(2)7-9-18(17)29)26-27-23(21)25(30)28(24)11-6-12-31-3/h7-10,13-14,24,29H,5-6,11-12H2,1-4H3,(H,26,27)/t24-/m0/s1. The maximum atomic E-state index is 13.4. The van der Waals surface area contributed by atoms with Crippen LogP contribution in [0, 0.1) is 6.92 Å². The average Bonchev–Trinajstić information content (AvgIpc) is 3.35. The normalized spacial score (nSPS) is 15.1. The molecule has 0 fully saturated rings. The first-order valence-electron chi connectivity index (χ1n) is 11.0. The first-order chi connectivity index (χ1) is 16.0. The minimum absolute atomic E-state index is 0.114. The number of ether oxygens (including phenoxy) is 3. The molecular formula is C25H29N3O5. The summed E-state index contributed by atoms with van der Waals surface area (Å²) in [6.07, 6.45) is 0.690. The zero-order valence-electron chi connectivity index (χ0n) is 19.3. The fraction of sp³-hybridized carbons (Fsp3) is 0.360. The number of nitrogens with one attached hydrogen (secondary N) is 1. The van der Waals surface area contributed by atoms with Gasteiger partial charge in [0.05, 0.1) is 19.8 Å². The first-order valence-corrected chi connectivity index (χ1v) is 11.0. The highest BCUT2D eigenvalue weighted by atomic mass is 16.5. The maximum Gasteiger partial charge on any atom is 0.273 e. The second kappa shape index (κ2) is 9.54. The van der Waals surface area contributed by atoms with E-state index in [1.165, 1.54) is 0 Å². The van der Waals surface area contributed by atoms with Gasteiger partial charge in [-0.3, -0.25) is 9.89 Å². The number of amides is 1. The van der Waals surface area contributed by atoms with Crippen molar-refractivity contribution in [2.75, 3.05) is 34.0 Å². The number of aryl methyl sites for hydroxylation is 1. The summed E-state index contributed by atoms with van der Waals surface area (Å²) in [7, 11) is 3.24. The molecule has 8 nitrogen and oxygen atoms in total. The Balaban J connectivity index is 1.86. The van der Waals surface area contributed by atoms with E-state index in [2.05, 4.69) is 10.2 Å². The summed E-state index contributed by atoms with van der Waals surface area (Å²) in [6.45, 7) is 5.44. The molecule has 2 aromatic carbocycles. The smallest absolute Gasteiger partial charge is 0.273 e. The van der Waals surface area contributed by atoms with Gasteiger partial charge in [-0.25, -0.2) is 0 Å². The van der Waals surface area contributed by atoms with Crippen LogP contribution in [-0.4, -0.2) is 60.1 Å². The van der Waals surface area contributed by atoms with Crippen LogP contribution in [0.25, 0.3) is 11.3 Å². The Labute approximate surface area is 193 Å². The summed E-state index contributed by atoms with van der Waals surface area (Å²) in [4.78, 5) is 15.2. The highest BCUT2D eigenvalue weighted by molar-refractivity contribution is 6.00. The van der Waals surface area contributed by atoms with Gasteiger partial charge in [-0.15, -0.1) is 0 Å². The molecule has 0 aliphatic carbocycles. The molecule has 174 valence electrons. The molecule has 2 N–H and O–H groups in total. The molecule has 0 spiro atoms. The minimum Gasteiger partial charge on any atom is -0.507 e. The number of phenols is 1. The van der Waals surface area contributed by atoms with Gasteiger partial charge in [-0.1, -0.05) is 17.7 Å². The van der Waals surface area contributed by atoms with Crippen LogP contribution >= 0.6 is 0 Å². The van der Waals surface area contributed by atoms with Crippen molar-refractivity contribution in [3.8, 4) is 28.5 Å². The predicted molar refractivity (Wildman–Crippen MR) is 124 cm³/mol. The molecule has 0 saturated carbocycles. The van der Waals surface area contributed by atoms with Crippen LogP contribution in [0.3, 0.4) is 0 Å². The summed E-state index contributed by atoms with van der Waals surface area (Å²) < 4.78 is 16.5. The summed E-state index contributed by atoms with van der Waals surface area (Å²) in [5.41, 5.74) is 4.18. The Morgan fingerprint density at radius 2 is 1.97 bits per heavy atom. The number of hydrogen-bond donors (Lipinski definition) is 2. The number of fused-ring (bicyclic) bond motifs is 1. The highest BCUT2D eigenvalue weighted by Gasteiger charge is 2.42. The summed E-state index contributed by atoms with van der Waals surface area (Å²) in [5.74, 6) is 1.21. The van der Waals surface area contributed by atoms with Crippen LogP contribution in [0.2, 0.25) is 0 Å². The van der Waals surface area contributed by atoms with Crippen molar-refractivity contribution in [3.05, 3.63) is 58.8 Å². The molecule has 0 radical (unpaired) electrons. The van der Waals surface area contributed by atoms with Crippen molar-refractivity contribution in [2.45, 2.75) is 26.3 Å². The number of methoxy groups -OCH3 is 2. The molecule has 1 aliphatic heterocycles. The number of H-pyrrole nitrogens is 1. The van der Waals surface area contributed by atoms with E-state index in [1.54, 1.807) is 20.3 Å². The van der Waals surface area contributed by atoms with E-state index in [0.717, 1.165) is 16.7 Å². The fourth-order valence-electron chi connectivity index (χ4n) is 4.33. The molecule has 1 atom stereocenters. The van der Waals surface area contributed by atoms with Gasteiger partial charge in [-0.05, 0) is 50.1 Å². The molecule has 0 bridgehead atoms. The largest absolute Gasteiger partial charge is 0.507 e. The Kier molecular flexibility index (Phi) is 6.55. The highest BCUT2D eigenvalue weighted by Crippen LogP contribution is 2.46. The van der Waals surface area contributed by atoms with Crippen molar-refractivity contribution in [3.63, 3.8) is 0 Å². The van der Waals surface area contributed by atoms with Gasteiger partial charge in [0, 0.05) is 31.4 Å². The third kappa shape index (κ3) is 4.14. The lowest BCUT2D eigenvalue weighted by atomic mass is 9.94. The maximum absolute atomic E-state index is 13.4. The van der Waals surface area contributed by atoms with Crippen molar-refractivity contribution in [1.82, 2.24) is 15.1 Å². The molecule has 3 aromatic rings. The number of aromatic hydroxyl groups is 1. The predicted octanol–water partition coefficient (Wildman–Crippen LogP) is 4.08. The Morgan fingerprint density at radius 1 is 1.15 bits per heavy atom. The third-order valence-corrected chi connectivity index (χ3v) is 5.82. The van der Waals surface area contributed by atoms with E-state index < -0.39 is 6.04 Å². The van der Waals surface area contributed by atoms with Crippen molar-refractivity contribution in [2.24, 2.45) is 0 Å². The molecule has 0 unspecified atom stereocenters. The number of nitrogens with zero attached hydrogens (tertiary/aromatic N) is 2. The van der Waals surface area contributed by atoms with E-state index in [-0.39, 0.29) is 11.7 Å². The van der Waals surface area contributed by atoms with Gasteiger partial charge in [0.25, 0.3) is 5.91 Å². The van der Waals surface area contributed by atoms with Gasteiger partial charge in [0.1, 0.15) is 17.1 Å². The Bertz CT molecular complexity index is 1160. The number of aromatic nitrogens is 2. The van der Waals surface area contributed by atoms with Crippen molar-refractivity contribution >= 4 is 5.91 Å². The topological polar surface area (TPSA) is 96.9 Å². The molecule has 1 aromatic heterocycles. The lowest BCUT2D eigenvalue weighted by Crippen LogP contribution is -2.31. The lowest BCUT2D eigenvalue weighted by molar-refractivity contribution is 0.0723. The van der Waals surface area contributed by atoms with E-state index in [9.17, 15) is 9.90 Å². The number of benzene rings is 2. The number of hydrogen-bond acceptors (Lipinski definition) is 6. The Morgan fingerprint density at radius 3 is 2.70 bits per heavy atom. The zero-order chi connectivity index (χ0) is 23.5. The molecule has 1 amide bonds. The van der Waals surface area contributed by atoms with E-state index in [0.29, 0.717) is 54.6 Å². The monoisotopic (exact) mass is 451 g/mol. The van der Waals surface area contributed by atoms with E-state index >= 15 is 0 Å². The summed E-state index contributed by atoms with van der Waals surface area (Å²) in [5, 5.41) is 17.9. The zero-order valence-corrected chi connectivity index (χ0v) is 19.3. The minimum atomic E-state index is -0.400. The van der Waals surface area contributed by atoms with Crippen molar-refractivity contribution < 1.29 is 24.1 Å². The molecule has 33 heavy (non-hydrogen) atoms. The molecule has 0 saturated heterocycles. The molecule has 2 heterocycles. The van der Waals surface area contributed by atoms with E-state index in [4.69, 9.17) is 14.2 Å².